The summed E-state index contributed by atoms with van der Waals surface area (Å²) in [5, 5.41) is 52.8. The number of anilines is 8. The molecule has 32 nitrogen and oxygen atoms in total. The molecule has 16 N–H and O–H groups in total. The summed E-state index contributed by atoms with van der Waals surface area (Å²) in [4.78, 5) is 88.7. The fraction of sp³-hybridized carbons (Fsp3) is 0.414. The number of pyridine rings is 10. The van der Waals surface area contributed by atoms with Crippen molar-refractivity contribution in [1.82, 2.24) is 65.8 Å². The van der Waals surface area contributed by atoms with Crippen molar-refractivity contribution < 1.29 is 51.0 Å². The summed E-state index contributed by atoms with van der Waals surface area (Å²) in [6.45, 7) is 16.3. The molecule has 0 bridgehead atoms. The predicted molar refractivity (Wildman–Crippen MR) is 476 cm³/mol. The van der Waals surface area contributed by atoms with Crippen LogP contribution in [0.15, 0.2) is 116 Å². The first-order valence-corrected chi connectivity index (χ1v) is 41.9. The number of carbonyl (C=O) groups excluding carboxylic acids is 4. The Kier molecular flexibility index (Phi) is 34.9. The average molecular weight is 1790 g/mol. The number of nitriles is 3. The van der Waals surface area contributed by atoms with Gasteiger partial charge < -0.3 is 79.7 Å². The van der Waals surface area contributed by atoms with E-state index in [1.54, 1.807) is 103 Å². The van der Waals surface area contributed by atoms with E-state index in [0.29, 0.717) is 28.4 Å². The Morgan fingerprint density at radius 3 is 1.20 bits per heavy atom. The van der Waals surface area contributed by atoms with E-state index in [1.807, 2.05) is 69.3 Å². The first-order chi connectivity index (χ1) is 59.8. The molecule has 10 heterocycles. The normalized spacial score (nSPS) is 18.4. The number of amides is 4. The number of aromatic nitrogens is 10. The summed E-state index contributed by atoms with van der Waals surface area (Å²) in [7, 11) is 0. The van der Waals surface area contributed by atoms with Gasteiger partial charge in [-0.05, 0) is 193 Å². The van der Waals surface area contributed by atoms with Crippen LogP contribution in [0.5, 0.6) is 0 Å². The maximum Gasteiger partial charge on any atom is 0.407 e. The maximum atomic E-state index is 14.9. The van der Waals surface area contributed by atoms with Crippen LogP contribution in [0.2, 0.25) is 15.5 Å². The minimum atomic E-state index is -0.782. The lowest BCUT2D eigenvalue weighted by molar-refractivity contribution is 0.0475. The maximum absolute atomic E-state index is 14.9. The molecule has 0 spiro atoms. The second-order valence-corrected chi connectivity index (χ2v) is 34.1. The van der Waals surface area contributed by atoms with E-state index in [4.69, 9.17) is 82.5 Å². The first kappa shape index (κ1) is 97.2. The van der Waals surface area contributed by atoms with Crippen molar-refractivity contribution in [3.63, 3.8) is 0 Å². The number of nitrogens with one attached hydrogen (secondary N) is 8. The zero-order valence-electron chi connectivity index (χ0n) is 71.0. The fourth-order valence-electron chi connectivity index (χ4n) is 13.7. The quantitative estimate of drug-likeness (QED) is 0.0273. The molecule has 10 aromatic heterocycles. The van der Waals surface area contributed by atoms with Gasteiger partial charge in [-0.1, -0.05) is 86.2 Å². The summed E-state index contributed by atoms with van der Waals surface area (Å²) in [6, 6.07) is 25.4. The Morgan fingerprint density at radius 2 is 0.762 bits per heavy atom. The number of nitrogens with zero attached hydrogens (tertiary/aromatic N) is 13. The molecule has 14 rings (SSSR count). The molecule has 4 saturated carbocycles. The summed E-state index contributed by atoms with van der Waals surface area (Å²) in [5.41, 5.74) is 25.1. The second kappa shape index (κ2) is 45.3. The van der Waals surface area contributed by atoms with Crippen LogP contribution in [0.25, 0.3) is 33.1 Å². The highest BCUT2D eigenvalue weighted by Gasteiger charge is 2.33. The lowest BCUT2D eigenvalue weighted by atomic mass is 9.90. The zero-order valence-corrected chi connectivity index (χ0v) is 73.3. The Bertz CT molecular complexity index is 5600. The van der Waals surface area contributed by atoms with E-state index >= 15 is 0 Å². The highest BCUT2D eigenvalue weighted by molar-refractivity contribution is 6.33. The van der Waals surface area contributed by atoms with Crippen molar-refractivity contribution in [1.29, 1.82) is 15.8 Å². The molecule has 126 heavy (non-hydrogen) atoms. The van der Waals surface area contributed by atoms with Gasteiger partial charge in [0, 0.05) is 71.0 Å². The van der Waals surface area contributed by atoms with Crippen LogP contribution in [0, 0.1) is 57.3 Å². The standard InChI is InChI=1S/C25H28FN7O2.C20H22FN7O.C17H22ClFN4O2.C11H22N2O2.C8H7N3.C6HCl2FN2/c1-25(2,3)35-24(34)32-20-9-5-4-8-19(20)31-23-18(26)12-16(13-27)22(33-23)30-17-11-15-7-6-10-28-21(15)29-14-17;21-14-9-13(17(23)29)19(28-20(14)27-16-6-2-1-5-15(16)22)26-12-8-11-4-3-7-24-18(11)25-10-12;1-17(2,3)25-16(24)22-13-7-5-4-6-12(13)21-15-11(19)8-10(9-20)14(18)23-15;1-11(2,3)15-10(14)13-9-7-5-4-6-8(9)12;9-7-4-6-2-1-3-10-8(6)11-5-7;7-5-3(2-10)1-4(9)6(8)11-5/h6-7,10-12,14,19-20H,4-5,8-9H2,1-3H3,(H,32,34)(H2,30,31,33);3-4,7-10,15-16H,1-2,5-6,22H2,(H2,23,29)(H2,26,27,28);8,12-13H,4-7H2,1-3H3,(H,21,23)(H,22,24);8-9H,4-7,12H2,1-3H3,(H,13,14);1-5H,9H2;1H/t19-,20+;15-,16+;12-,13+;8-,9+;;/m1011../s1. The third-order valence-corrected chi connectivity index (χ3v) is 20.4. The molecule has 0 radical (unpaired) electrons. The number of hydrogen-bond acceptors (Lipinski definition) is 28. The van der Waals surface area contributed by atoms with Crippen molar-refractivity contribution in [3.8, 4) is 18.2 Å². The van der Waals surface area contributed by atoms with Crippen LogP contribution in [0.4, 0.5) is 78.1 Å². The topological polar surface area (TPSA) is 497 Å². The SMILES string of the molecule is CC(C)(C)OC(=O)N[C@H]1CCCC[C@H]1N.CC(C)(C)OC(=O)N[C@H]1CCCC[C@H]1Nc1nc(Cl)c(C#N)cc1F.CC(C)(C)OC(=O)N[C@H]1CCCC[C@H]1Nc1nc(Nc2cnc3ncccc3c2)c(C#N)cc1F.N#Cc1cc(F)c(Cl)nc1Cl.NC(=O)c1cc(F)c(N[C@@H]2CCCC[C@@H]2N)nc1Nc1cnc2ncccc2c1.Nc1cnc2ncccc2c1. The van der Waals surface area contributed by atoms with Gasteiger partial charge in [0.1, 0.15) is 51.1 Å². The highest BCUT2D eigenvalue weighted by atomic mass is 35.5. The Hall–Kier alpha value is -12.7. The minimum Gasteiger partial charge on any atom is -0.444 e. The summed E-state index contributed by atoms with van der Waals surface area (Å²) in [6.07, 6.45) is 23.2. The molecule has 4 aliphatic rings. The molecule has 0 aromatic carbocycles. The molecule has 8 atom stereocenters. The van der Waals surface area contributed by atoms with Gasteiger partial charge in [0.25, 0.3) is 5.91 Å². The van der Waals surface area contributed by atoms with Crippen LogP contribution in [0.1, 0.15) is 192 Å². The number of nitrogens with two attached hydrogens (primary N) is 4. The van der Waals surface area contributed by atoms with Gasteiger partial charge in [0.2, 0.25) is 0 Å². The molecular weight excluding hydrogens is 1690 g/mol. The van der Waals surface area contributed by atoms with E-state index in [9.17, 15) is 42.0 Å². The molecule has 4 aliphatic carbocycles. The van der Waals surface area contributed by atoms with Gasteiger partial charge in [0.05, 0.1) is 70.0 Å². The van der Waals surface area contributed by atoms with Crippen molar-refractivity contribution in [2.24, 2.45) is 17.2 Å². The molecule has 4 fully saturated rings. The molecular formula is C87H102Cl3F4N25O7. The molecule has 0 unspecified atom stereocenters. The number of fused-ring (bicyclic) bond motifs is 3. The van der Waals surface area contributed by atoms with Crippen molar-refractivity contribution in [2.75, 3.05) is 32.3 Å². The van der Waals surface area contributed by atoms with E-state index in [1.165, 1.54) is 0 Å². The smallest absolute Gasteiger partial charge is 0.407 e. The summed E-state index contributed by atoms with van der Waals surface area (Å²) >= 11 is 16.6. The molecule has 0 saturated heterocycles. The van der Waals surface area contributed by atoms with Crippen LogP contribution in [0.3, 0.4) is 0 Å². The van der Waals surface area contributed by atoms with Gasteiger partial charge >= 0.3 is 18.3 Å². The Labute approximate surface area is 741 Å². The summed E-state index contributed by atoms with van der Waals surface area (Å²) in [5.74, 6) is -3.10. The lowest BCUT2D eigenvalue weighted by Gasteiger charge is -2.33. The Morgan fingerprint density at radius 1 is 0.413 bits per heavy atom. The number of primary amides is 1. The van der Waals surface area contributed by atoms with Gasteiger partial charge in [-0.3, -0.25) is 4.79 Å². The van der Waals surface area contributed by atoms with Gasteiger partial charge in [-0.25, -0.2) is 81.8 Å². The molecule has 0 aliphatic heterocycles. The van der Waals surface area contributed by atoms with Crippen molar-refractivity contribution in [2.45, 2.75) is 230 Å². The lowest BCUT2D eigenvalue weighted by Crippen LogP contribution is -2.50. The number of carbonyl (C=O) groups is 4. The Balaban J connectivity index is 0.000000180. The van der Waals surface area contributed by atoms with Gasteiger partial charge in [-0.2, -0.15) is 15.8 Å². The number of alkyl carbamates (subject to hydrolysis) is 3. The van der Waals surface area contributed by atoms with Crippen molar-refractivity contribution in [3.05, 3.63) is 177 Å². The monoisotopic (exact) mass is 1790 g/mol. The van der Waals surface area contributed by atoms with Crippen LogP contribution in [-0.4, -0.2) is 139 Å². The number of rotatable bonds is 14. The van der Waals surface area contributed by atoms with Crippen LogP contribution < -0.4 is 65.5 Å². The molecule has 10 aromatic rings. The predicted octanol–water partition coefficient (Wildman–Crippen LogP) is 17.1. The van der Waals surface area contributed by atoms with E-state index < -0.39 is 58.2 Å². The van der Waals surface area contributed by atoms with Crippen LogP contribution in [-0.2, 0) is 14.2 Å². The fourth-order valence-corrected chi connectivity index (χ4v) is 14.2. The van der Waals surface area contributed by atoms with Gasteiger partial charge in [-0.15, -0.1) is 0 Å². The first-order valence-electron chi connectivity index (χ1n) is 40.8. The molecule has 4 amide bonds. The number of ether oxygens (including phenoxy) is 3. The largest absolute Gasteiger partial charge is 0.444 e. The molecule has 39 heteroatoms. The highest BCUT2D eigenvalue weighted by Crippen LogP contribution is 2.33. The zero-order chi connectivity index (χ0) is 91.6. The van der Waals surface area contributed by atoms with E-state index in [0.717, 1.165) is 149 Å². The minimum absolute atomic E-state index is 0.00445. The third kappa shape index (κ3) is 30.1. The van der Waals surface area contributed by atoms with E-state index in [2.05, 4.69) is 92.4 Å². The number of halogens is 7. The number of hydrogen-bond donors (Lipinski definition) is 12. The van der Waals surface area contributed by atoms with Crippen molar-refractivity contribution >= 4 is 138 Å². The third-order valence-electron chi connectivity index (χ3n) is 19.5. The van der Waals surface area contributed by atoms with E-state index in [-0.39, 0.29) is 121 Å². The average Bonchev–Trinajstić information content (AvgIpc) is 0.789. The number of nitrogen functional groups attached to an aromatic ring is 1. The second-order valence-electron chi connectivity index (χ2n) is 33.0. The summed E-state index contributed by atoms with van der Waals surface area (Å²) < 4.78 is 72.0. The van der Waals surface area contributed by atoms with Crippen LogP contribution >= 0.6 is 34.8 Å². The molecule has 666 valence electrons. The van der Waals surface area contributed by atoms with Gasteiger partial charge in [0.15, 0.2) is 68.6 Å².